The molecule has 0 aromatic heterocycles. The Hall–Kier alpha value is -5.31. The Morgan fingerprint density at radius 3 is 1.64 bits per heavy atom. The second-order valence-corrected chi connectivity index (χ2v) is 9.80. The molecule has 0 spiro atoms. The van der Waals surface area contributed by atoms with Gasteiger partial charge in [0, 0.05) is 33.9 Å². The molecule has 0 atom stereocenters. The lowest BCUT2D eigenvalue weighted by atomic mass is 9.98. The summed E-state index contributed by atoms with van der Waals surface area (Å²) in [6, 6.07) is 18.1. The largest absolute Gasteiger partial charge is 0.496 e. The summed E-state index contributed by atoms with van der Waals surface area (Å²) in [5.74, 6) is 0.500. The van der Waals surface area contributed by atoms with Crippen LogP contribution < -0.4 is 18.9 Å². The van der Waals surface area contributed by atoms with Crippen LogP contribution in [-0.4, -0.2) is 51.4 Å². The highest BCUT2D eigenvalue weighted by Crippen LogP contribution is 2.39. The Labute approximate surface area is 257 Å². The van der Waals surface area contributed by atoms with Gasteiger partial charge in [0.25, 0.3) is 0 Å². The minimum Gasteiger partial charge on any atom is -0.496 e. The fraction of sp³-hybridized carbons (Fsp3) is 0.229. The molecule has 0 saturated heterocycles. The Morgan fingerprint density at radius 1 is 0.568 bits per heavy atom. The SMILES string of the molecule is C=C(C)C(=O)OCCOc1ccc(-c2ccc(-c3ccc(OC(=O)C(=C)C)cc3)c(OC)c2)c(OCCOC(=O)C(=C)C)c1. The molecule has 9 heteroatoms. The highest BCUT2D eigenvalue weighted by atomic mass is 16.6. The molecule has 3 aromatic carbocycles. The predicted molar refractivity (Wildman–Crippen MR) is 167 cm³/mol. The minimum atomic E-state index is -0.502. The number of hydrogen-bond acceptors (Lipinski definition) is 9. The van der Waals surface area contributed by atoms with Gasteiger partial charge in [0.15, 0.2) is 0 Å². The topological polar surface area (TPSA) is 107 Å². The Balaban J connectivity index is 1.84. The normalized spacial score (nSPS) is 10.3. The molecule has 9 nitrogen and oxygen atoms in total. The molecule has 0 amide bonds. The third kappa shape index (κ3) is 9.35. The van der Waals surface area contributed by atoms with Gasteiger partial charge in [-0.3, -0.25) is 0 Å². The van der Waals surface area contributed by atoms with Crippen molar-refractivity contribution in [1.29, 1.82) is 0 Å². The van der Waals surface area contributed by atoms with Gasteiger partial charge in [0.1, 0.15) is 49.4 Å². The maximum absolute atomic E-state index is 11.8. The Bertz CT molecular complexity index is 1550. The molecule has 0 heterocycles. The molecule has 0 radical (unpaired) electrons. The van der Waals surface area contributed by atoms with Crippen LogP contribution in [0.1, 0.15) is 20.8 Å². The molecule has 0 saturated carbocycles. The van der Waals surface area contributed by atoms with Gasteiger partial charge in [0.2, 0.25) is 0 Å². The fourth-order valence-corrected chi connectivity index (χ4v) is 3.77. The van der Waals surface area contributed by atoms with Gasteiger partial charge in [0.05, 0.1) is 7.11 Å². The summed E-state index contributed by atoms with van der Waals surface area (Å²) < 4.78 is 33.0. The van der Waals surface area contributed by atoms with Gasteiger partial charge >= 0.3 is 17.9 Å². The summed E-state index contributed by atoms with van der Waals surface area (Å²) in [5.41, 5.74) is 4.13. The lowest BCUT2D eigenvalue weighted by molar-refractivity contribution is -0.140. The number of carbonyl (C=O) groups is 3. The van der Waals surface area contributed by atoms with Crippen molar-refractivity contribution in [2.45, 2.75) is 20.8 Å². The van der Waals surface area contributed by atoms with Crippen LogP contribution in [0.2, 0.25) is 0 Å². The van der Waals surface area contributed by atoms with Crippen LogP contribution in [0.3, 0.4) is 0 Å². The van der Waals surface area contributed by atoms with E-state index < -0.39 is 17.9 Å². The molecule has 0 aliphatic carbocycles. The van der Waals surface area contributed by atoms with E-state index in [1.54, 1.807) is 52.1 Å². The van der Waals surface area contributed by atoms with Gasteiger partial charge in [-0.25, -0.2) is 14.4 Å². The molecular formula is C35H36O9. The lowest BCUT2D eigenvalue weighted by Gasteiger charge is -2.16. The second-order valence-electron chi connectivity index (χ2n) is 9.80. The van der Waals surface area contributed by atoms with Gasteiger partial charge in [-0.2, -0.15) is 0 Å². The minimum absolute atomic E-state index is 0.0208. The van der Waals surface area contributed by atoms with Crippen LogP contribution in [0, 0.1) is 0 Å². The summed E-state index contributed by atoms with van der Waals surface area (Å²) in [6.07, 6.45) is 0. The number of benzene rings is 3. The summed E-state index contributed by atoms with van der Waals surface area (Å²) in [4.78, 5) is 35.2. The summed E-state index contributed by atoms with van der Waals surface area (Å²) in [5, 5.41) is 0. The molecule has 3 aromatic rings. The van der Waals surface area contributed by atoms with Crippen LogP contribution in [0.15, 0.2) is 97.1 Å². The van der Waals surface area contributed by atoms with E-state index in [9.17, 15) is 14.4 Å². The van der Waals surface area contributed by atoms with E-state index >= 15 is 0 Å². The first-order valence-electron chi connectivity index (χ1n) is 13.7. The molecule has 0 aliphatic heterocycles. The zero-order valence-electron chi connectivity index (χ0n) is 25.4. The van der Waals surface area contributed by atoms with Crippen molar-refractivity contribution in [1.82, 2.24) is 0 Å². The molecular weight excluding hydrogens is 564 g/mol. The molecule has 230 valence electrons. The Morgan fingerprint density at radius 2 is 1.07 bits per heavy atom. The molecule has 0 unspecified atom stereocenters. The summed E-state index contributed by atoms with van der Waals surface area (Å²) in [7, 11) is 1.58. The Kier molecular flexibility index (Phi) is 11.9. The van der Waals surface area contributed by atoms with Crippen LogP contribution in [0.25, 0.3) is 22.3 Å². The third-order valence-corrected chi connectivity index (χ3v) is 6.05. The predicted octanol–water partition coefficient (Wildman–Crippen LogP) is 6.51. The molecule has 0 bridgehead atoms. The van der Waals surface area contributed by atoms with E-state index in [0.29, 0.717) is 39.7 Å². The van der Waals surface area contributed by atoms with Crippen molar-refractivity contribution in [2.24, 2.45) is 0 Å². The van der Waals surface area contributed by atoms with Crippen molar-refractivity contribution in [3.8, 4) is 45.3 Å². The van der Waals surface area contributed by atoms with E-state index in [1.807, 2.05) is 36.4 Å². The van der Waals surface area contributed by atoms with Crippen molar-refractivity contribution in [2.75, 3.05) is 33.5 Å². The highest BCUT2D eigenvalue weighted by molar-refractivity contribution is 5.89. The summed E-state index contributed by atoms with van der Waals surface area (Å²) in [6.45, 7) is 15.7. The zero-order valence-corrected chi connectivity index (χ0v) is 25.4. The number of ether oxygens (including phenoxy) is 6. The standard InChI is InChI=1S/C35H36O9/c1-22(2)33(36)42-18-16-40-28-13-15-30(32(21-28)41-17-19-43-34(37)23(3)4)26-10-14-29(31(20-26)39-7)25-8-11-27(12-9-25)44-35(38)24(5)6/h8-15,20-21H,1,3,5,16-19H2,2,4,6-7H3. The first-order valence-corrected chi connectivity index (χ1v) is 13.7. The molecule has 0 fully saturated rings. The zero-order chi connectivity index (χ0) is 32.2. The smallest absolute Gasteiger partial charge is 0.338 e. The van der Waals surface area contributed by atoms with Gasteiger partial charge in [-0.15, -0.1) is 0 Å². The van der Waals surface area contributed by atoms with E-state index in [1.165, 1.54) is 0 Å². The van der Waals surface area contributed by atoms with Crippen LogP contribution in [-0.2, 0) is 23.9 Å². The molecule has 44 heavy (non-hydrogen) atoms. The first kappa shape index (κ1) is 33.2. The van der Waals surface area contributed by atoms with Gasteiger partial charge < -0.3 is 28.4 Å². The number of rotatable bonds is 15. The quantitative estimate of drug-likeness (QED) is 0.0835. The van der Waals surface area contributed by atoms with Gasteiger partial charge in [-0.1, -0.05) is 44.0 Å². The third-order valence-electron chi connectivity index (χ3n) is 6.05. The van der Waals surface area contributed by atoms with Crippen LogP contribution in [0.5, 0.6) is 23.0 Å². The number of carbonyl (C=O) groups excluding carboxylic acids is 3. The van der Waals surface area contributed by atoms with Crippen molar-refractivity contribution in [3.05, 3.63) is 97.1 Å². The second kappa shape index (κ2) is 15.8. The number of hydrogen-bond donors (Lipinski definition) is 0. The first-order chi connectivity index (χ1) is 21.0. The van der Waals surface area contributed by atoms with Crippen molar-refractivity contribution >= 4 is 17.9 Å². The van der Waals surface area contributed by atoms with Crippen LogP contribution in [0.4, 0.5) is 0 Å². The van der Waals surface area contributed by atoms with Gasteiger partial charge in [-0.05, 0) is 62.2 Å². The number of esters is 3. The van der Waals surface area contributed by atoms with Crippen LogP contribution >= 0.6 is 0 Å². The monoisotopic (exact) mass is 600 g/mol. The fourth-order valence-electron chi connectivity index (χ4n) is 3.77. The molecule has 0 aliphatic rings. The summed E-state index contributed by atoms with van der Waals surface area (Å²) >= 11 is 0. The van der Waals surface area contributed by atoms with E-state index in [2.05, 4.69) is 19.7 Å². The molecule has 3 rings (SSSR count). The van der Waals surface area contributed by atoms with E-state index in [0.717, 1.165) is 22.3 Å². The van der Waals surface area contributed by atoms with E-state index in [4.69, 9.17) is 28.4 Å². The maximum Gasteiger partial charge on any atom is 0.338 e. The van der Waals surface area contributed by atoms with Crippen molar-refractivity contribution < 1.29 is 42.8 Å². The molecule has 0 N–H and O–H groups in total. The maximum atomic E-state index is 11.8. The van der Waals surface area contributed by atoms with Crippen molar-refractivity contribution in [3.63, 3.8) is 0 Å². The highest BCUT2D eigenvalue weighted by Gasteiger charge is 2.15. The average molecular weight is 601 g/mol. The average Bonchev–Trinajstić information content (AvgIpc) is 3.01. The number of methoxy groups -OCH3 is 1. The van der Waals surface area contributed by atoms with E-state index in [-0.39, 0.29) is 26.4 Å². The lowest BCUT2D eigenvalue weighted by Crippen LogP contribution is -2.13.